The number of ether oxygens (including phenoxy) is 2. The highest BCUT2D eigenvalue weighted by molar-refractivity contribution is 6.03. The standard InChI is InChI=1S/C36H54N4O6/c1-13-18-45-29(43)35(21-31(3,4)39(11)32(5,6)22-35)37-27(41)25-16-15-17-26(20-25)28(42)38-36(30(44)46-19-14-2)23-33(7,8)40(12)34(9,10)24-36/h13-17,20H,1-2,18-19,21-24H2,3-12H3,(H,37,41)(H,38,42). The number of nitrogens with one attached hydrogen (secondary N) is 2. The fourth-order valence-corrected chi connectivity index (χ4v) is 7.69. The van der Waals surface area contributed by atoms with Crippen LogP contribution in [0, 0.1) is 0 Å². The summed E-state index contributed by atoms with van der Waals surface area (Å²) in [5.74, 6) is -2.08. The number of nitrogens with zero attached hydrogens (tertiary/aromatic N) is 2. The molecule has 3 rings (SSSR count). The number of benzene rings is 1. The topological polar surface area (TPSA) is 117 Å². The molecule has 2 N–H and O–H groups in total. The average molecular weight is 639 g/mol. The van der Waals surface area contributed by atoms with Crippen molar-refractivity contribution in [2.75, 3.05) is 27.3 Å². The molecule has 0 unspecified atom stereocenters. The molecule has 0 atom stereocenters. The van der Waals surface area contributed by atoms with E-state index in [1.54, 1.807) is 18.2 Å². The van der Waals surface area contributed by atoms with Crippen LogP contribution in [-0.2, 0) is 19.1 Å². The number of esters is 2. The smallest absolute Gasteiger partial charge is 0.332 e. The first-order valence-corrected chi connectivity index (χ1v) is 15.9. The van der Waals surface area contributed by atoms with Crippen molar-refractivity contribution in [1.29, 1.82) is 0 Å². The largest absolute Gasteiger partial charge is 0.460 e. The van der Waals surface area contributed by atoms with Crippen molar-refractivity contribution in [1.82, 2.24) is 20.4 Å². The van der Waals surface area contributed by atoms with Crippen molar-refractivity contribution in [3.05, 3.63) is 60.7 Å². The van der Waals surface area contributed by atoms with Crippen molar-refractivity contribution < 1.29 is 28.7 Å². The van der Waals surface area contributed by atoms with Gasteiger partial charge in [0.25, 0.3) is 11.8 Å². The summed E-state index contributed by atoms with van der Waals surface area (Å²) >= 11 is 0. The first-order chi connectivity index (χ1) is 21.1. The predicted octanol–water partition coefficient (Wildman–Crippen LogP) is 4.65. The normalized spacial score (nSPS) is 22.5. The molecule has 46 heavy (non-hydrogen) atoms. The van der Waals surface area contributed by atoms with Gasteiger partial charge in [0.05, 0.1) is 0 Å². The zero-order chi connectivity index (χ0) is 34.9. The SMILES string of the molecule is C=CCOC(=O)C1(NC(=O)c2cccc(C(=O)NC3(C(=O)OCC=C)CC(C)(C)N(C)C(C)(C)C3)c2)CC(C)(C)N(C)C(C)(C)C1. The highest BCUT2D eigenvalue weighted by Crippen LogP contribution is 2.44. The van der Waals surface area contributed by atoms with Crippen LogP contribution in [0.5, 0.6) is 0 Å². The van der Waals surface area contributed by atoms with Gasteiger partial charge in [-0.2, -0.15) is 0 Å². The Kier molecular flexibility index (Phi) is 10.4. The molecule has 0 spiro atoms. The molecule has 1 aromatic carbocycles. The van der Waals surface area contributed by atoms with Crippen molar-refractivity contribution >= 4 is 23.8 Å². The van der Waals surface area contributed by atoms with Crippen LogP contribution in [-0.4, -0.2) is 94.1 Å². The Morgan fingerprint density at radius 1 is 0.674 bits per heavy atom. The second-order valence-corrected chi connectivity index (χ2v) is 15.5. The molecule has 0 aliphatic carbocycles. The maximum atomic E-state index is 13.9. The minimum atomic E-state index is -1.32. The predicted molar refractivity (Wildman–Crippen MR) is 179 cm³/mol. The Morgan fingerprint density at radius 2 is 0.978 bits per heavy atom. The van der Waals surface area contributed by atoms with Crippen LogP contribution in [0.3, 0.4) is 0 Å². The molecule has 2 saturated heterocycles. The van der Waals surface area contributed by atoms with Gasteiger partial charge in [0.1, 0.15) is 24.3 Å². The minimum absolute atomic E-state index is 0.0171. The van der Waals surface area contributed by atoms with E-state index in [9.17, 15) is 19.2 Å². The van der Waals surface area contributed by atoms with Gasteiger partial charge < -0.3 is 20.1 Å². The molecule has 2 aliphatic heterocycles. The zero-order valence-corrected chi connectivity index (χ0v) is 29.5. The van der Waals surface area contributed by atoms with Crippen LogP contribution in [0.1, 0.15) is 102 Å². The summed E-state index contributed by atoms with van der Waals surface area (Å²) in [5.41, 5.74) is -4.04. The van der Waals surface area contributed by atoms with Gasteiger partial charge in [-0.3, -0.25) is 19.4 Å². The summed E-state index contributed by atoms with van der Waals surface area (Å²) in [6.07, 6.45) is 4.25. The molecule has 2 aliphatic rings. The average Bonchev–Trinajstić information content (AvgIpc) is 2.95. The third-order valence-electron chi connectivity index (χ3n) is 10.1. The molecule has 254 valence electrons. The van der Waals surface area contributed by atoms with Gasteiger partial charge in [0.15, 0.2) is 0 Å². The van der Waals surface area contributed by atoms with Crippen LogP contribution in [0.4, 0.5) is 0 Å². The van der Waals surface area contributed by atoms with E-state index in [2.05, 4.69) is 33.6 Å². The number of carbonyl (C=O) groups excluding carboxylic acids is 4. The number of rotatable bonds is 10. The molecule has 0 radical (unpaired) electrons. The number of carbonyl (C=O) groups is 4. The van der Waals surface area contributed by atoms with Crippen molar-refractivity contribution in [2.45, 2.75) is 114 Å². The molecular weight excluding hydrogens is 584 g/mol. The number of hydrogen-bond donors (Lipinski definition) is 2. The van der Waals surface area contributed by atoms with Crippen LogP contribution in [0.15, 0.2) is 49.6 Å². The maximum Gasteiger partial charge on any atom is 0.332 e. The number of piperidine rings is 2. The van der Waals surface area contributed by atoms with E-state index >= 15 is 0 Å². The summed E-state index contributed by atoms with van der Waals surface area (Å²) in [7, 11) is 4.02. The fourth-order valence-electron chi connectivity index (χ4n) is 7.69. The number of likely N-dealkylation sites (tertiary alicyclic amines) is 2. The van der Waals surface area contributed by atoms with Crippen LogP contribution in [0.25, 0.3) is 0 Å². The maximum absolute atomic E-state index is 13.9. The zero-order valence-electron chi connectivity index (χ0n) is 29.5. The molecule has 2 fully saturated rings. The summed E-state index contributed by atoms with van der Waals surface area (Å²) in [6.45, 7) is 23.6. The molecule has 10 nitrogen and oxygen atoms in total. The Balaban J connectivity index is 1.97. The Labute approximate surface area is 274 Å². The van der Waals surface area contributed by atoms with Crippen molar-refractivity contribution in [3.8, 4) is 0 Å². The molecule has 0 aromatic heterocycles. The molecule has 0 bridgehead atoms. The van der Waals surface area contributed by atoms with Gasteiger partial charge >= 0.3 is 11.9 Å². The van der Waals surface area contributed by atoms with Crippen molar-refractivity contribution in [3.63, 3.8) is 0 Å². The molecule has 1 aromatic rings. The van der Waals surface area contributed by atoms with Gasteiger partial charge in [-0.25, -0.2) is 9.59 Å². The summed E-state index contributed by atoms with van der Waals surface area (Å²) < 4.78 is 11.1. The quantitative estimate of drug-likeness (QED) is 0.281. The lowest BCUT2D eigenvalue weighted by atomic mass is 9.69. The van der Waals surface area contributed by atoms with E-state index in [1.807, 2.05) is 69.5 Å². The van der Waals surface area contributed by atoms with E-state index in [-0.39, 0.29) is 24.3 Å². The lowest BCUT2D eigenvalue weighted by molar-refractivity contribution is -0.160. The van der Waals surface area contributed by atoms with Crippen LogP contribution in [0.2, 0.25) is 0 Å². The highest BCUT2D eigenvalue weighted by Gasteiger charge is 2.57. The van der Waals surface area contributed by atoms with Crippen LogP contribution >= 0.6 is 0 Å². The Morgan fingerprint density at radius 3 is 1.26 bits per heavy atom. The molecule has 2 amide bonds. The van der Waals surface area contributed by atoms with Crippen LogP contribution < -0.4 is 10.6 Å². The van der Waals surface area contributed by atoms with Gasteiger partial charge in [-0.1, -0.05) is 31.4 Å². The molecule has 0 saturated carbocycles. The summed E-state index contributed by atoms with van der Waals surface area (Å²) in [4.78, 5) is 59.4. The third kappa shape index (κ3) is 7.39. The first kappa shape index (κ1) is 37.0. The van der Waals surface area contributed by atoms with Gasteiger partial charge in [-0.05, 0) is 113 Å². The van der Waals surface area contributed by atoms with E-state index in [4.69, 9.17) is 9.47 Å². The highest BCUT2D eigenvalue weighted by atomic mass is 16.5. The summed E-state index contributed by atoms with van der Waals surface area (Å²) in [5, 5.41) is 6.03. The van der Waals surface area contributed by atoms with E-state index in [1.165, 1.54) is 18.2 Å². The molecule has 10 heteroatoms. The van der Waals surface area contributed by atoms with Gasteiger partial charge in [-0.15, -0.1) is 0 Å². The molecule has 2 heterocycles. The third-order valence-corrected chi connectivity index (χ3v) is 10.1. The lowest BCUT2D eigenvalue weighted by Crippen LogP contribution is -2.71. The van der Waals surface area contributed by atoms with E-state index in [0.29, 0.717) is 25.7 Å². The summed E-state index contributed by atoms with van der Waals surface area (Å²) in [6, 6.07) is 6.28. The number of hydrogen-bond acceptors (Lipinski definition) is 8. The monoisotopic (exact) mass is 638 g/mol. The lowest BCUT2D eigenvalue weighted by Gasteiger charge is -2.57. The van der Waals surface area contributed by atoms with E-state index < -0.39 is 57.0 Å². The second kappa shape index (κ2) is 13.0. The Hall–Kier alpha value is -3.50. The number of amides is 2. The minimum Gasteiger partial charge on any atom is -0.460 e. The fraction of sp³-hybridized carbons (Fsp3) is 0.611. The van der Waals surface area contributed by atoms with Gasteiger partial charge in [0.2, 0.25) is 0 Å². The van der Waals surface area contributed by atoms with Gasteiger partial charge in [0, 0.05) is 33.3 Å². The Bertz CT molecular complexity index is 1240. The molecular formula is C36H54N4O6. The van der Waals surface area contributed by atoms with Crippen molar-refractivity contribution in [2.24, 2.45) is 0 Å². The second-order valence-electron chi connectivity index (χ2n) is 15.5. The first-order valence-electron chi connectivity index (χ1n) is 15.9. The van der Waals surface area contributed by atoms with E-state index in [0.717, 1.165) is 0 Å².